The van der Waals surface area contributed by atoms with Crippen LogP contribution in [0.5, 0.6) is 5.75 Å². The number of benzene rings is 1. The second-order valence-electron chi connectivity index (χ2n) is 4.04. The van der Waals surface area contributed by atoms with Crippen LogP contribution in [0.4, 0.5) is 0 Å². The smallest absolute Gasteiger partial charge is 0.321 e. The van der Waals surface area contributed by atoms with Crippen LogP contribution in [0.15, 0.2) is 24.3 Å². The van der Waals surface area contributed by atoms with E-state index in [1.54, 1.807) is 11.8 Å². The quantitative estimate of drug-likeness (QED) is 0.705. The molecule has 0 radical (unpaired) electrons. The summed E-state index contributed by atoms with van der Waals surface area (Å²) in [5.41, 5.74) is 6.56. The molecule has 3 N–H and O–H groups in total. The van der Waals surface area contributed by atoms with Crippen LogP contribution in [0.25, 0.3) is 0 Å². The third kappa shape index (κ3) is 5.93. The first-order valence-electron chi connectivity index (χ1n) is 5.85. The molecule has 1 unspecified atom stereocenters. The number of carboxylic acid groups (broad SMARTS) is 1. The molecule has 0 spiro atoms. The van der Waals surface area contributed by atoms with E-state index >= 15 is 0 Å². The van der Waals surface area contributed by atoms with Crippen molar-refractivity contribution in [2.45, 2.75) is 19.4 Å². The maximum absolute atomic E-state index is 10.5. The Kier molecular flexibility index (Phi) is 6.60. The van der Waals surface area contributed by atoms with Gasteiger partial charge >= 0.3 is 5.97 Å². The summed E-state index contributed by atoms with van der Waals surface area (Å²) in [5.74, 6) is 1.23. The number of thioether (sulfide) groups is 1. The highest BCUT2D eigenvalue weighted by Crippen LogP contribution is 2.13. The van der Waals surface area contributed by atoms with Crippen LogP contribution in [0.2, 0.25) is 0 Å². The number of aliphatic carboxylic acids is 1. The van der Waals surface area contributed by atoms with Gasteiger partial charge in [-0.2, -0.15) is 11.8 Å². The van der Waals surface area contributed by atoms with Crippen LogP contribution in [0, 0.1) is 6.92 Å². The second kappa shape index (κ2) is 8.00. The standard InChI is InChI=1S/C13H19NO3S/c1-10-4-2-5-11(8-10)17-6-3-7-18-9-12(14)13(15)16/h2,4-5,8,12H,3,6-7,9,14H2,1H3,(H,15,16). The molecule has 4 nitrogen and oxygen atoms in total. The Balaban J connectivity index is 2.07. The Morgan fingerprint density at radius 3 is 3.00 bits per heavy atom. The summed E-state index contributed by atoms with van der Waals surface area (Å²) in [4.78, 5) is 10.5. The van der Waals surface area contributed by atoms with Gasteiger partial charge in [-0.25, -0.2) is 0 Å². The van der Waals surface area contributed by atoms with Gasteiger partial charge in [0.05, 0.1) is 6.61 Å². The number of carbonyl (C=O) groups is 1. The maximum atomic E-state index is 10.5. The molecule has 0 aliphatic heterocycles. The lowest BCUT2D eigenvalue weighted by molar-refractivity contribution is -0.137. The average Bonchev–Trinajstić information content (AvgIpc) is 2.33. The third-order valence-corrected chi connectivity index (χ3v) is 3.48. The van der Waals surface area contributed by atoms with Gasteiger partial charge in [-0.05, 0) is 36.8 Å². The van der Waals surface area contributed by atoms with Crippen LogP contribution in [0.1, 0.15) is 12.0 Å². The number of hydrogen-bond acceptors (Lipinski definition) is 4. The third-order valence-electron chi connectivity index (χ3n) is 2.31. The van der Waals surface area contributed by atoms with Crippen LogP contribution in [-0.2, 0) is 4.79 Å². The average molecular weight is 269 g/mol. The molecule has 1 aromatic rings. The van der Waals surface area contributed by atoms with Crippen molar-refractivity contribution in [3.05, 3.63) is 29.8 Å². The monoisotopic (exact) mass is 269 g/mol. The minimum absolute atomic E-state index is 0.444. The topological polar surface area (TPSA) is 72.5 Å². The summed E-state index contributed by atoms with van der Waals surface area (Å²) in [6.45, 7) is 2.66. The number of rotatable bonds is 8. The number of aryl methyl sites for hydroxylation is 1. The molecule has 18 heavy (non-hydrogen) atoms. The van der Waals surface area contributed by atoms with E-state index in [1.165, 1.54) is 5.56 Å². The van der Waals surface area contributed by atoms with E-state index in [2.05, 4.69) is 0 Å². The van der Waals surface area contributed by atoms with E-state index in [0.717, 1.165) is 17.9 Å². The van der Waals surface area contributed by atoms with Crippen molar-refractivity contribution < 1.29 is 14.6 Å². The van der Waals surface area contributed by atoms with Crippen molar-refractivity contribution in [2.24, 2.45) is 5.73 Å². The van der Waals surface area contributed by atoms with E-state index in [0.29, 0.717) is 12.4 Å². The first kappa shape index (κ1) is 14.9. The van der Waals surface area contributed by atoms with Crippen LogP contribution < -0.4 is 10.5 Å². The Bertz CT molecular complexity index is 384. The lowest BCUT2D eigenvalue weighted by Crippen LogP contribution is -2.32. The first-order chi connectivity index (χ1) is 8.59. The van der Waals surface area contributed by atoms with Crippen molar-refractivity contribution in [1.29, 1.82) is 0 Å². The molecule has 0 bridgehead atoms. The van der Waals surface area contributed by atoms with Crippen molar-refractivity contribution in [1.82, 2.24) is 0 Å². The van der Waals surface area contributed by atoms with E-state index < -0.39 is 12.0 Å². The number of hydrogen-bond donors (Lipinski definition) is 2. The van der Waals surface area contributed by atoms with Crippen LogP contribution >= 0.6 is 11.8 Å². The zero-order chi connectivity index (χ0) is 13.4. The Hall–Kier alpha value is -1.20. The second-order valence-corrected chi connectivity index (χ2v) is 5.19. The Labute approximate surface area is 112 Å². The molecule has 5 heteroatoms. The van der Waals surface area contributed by atoms with E-state index in [-0.39, 0.29) is 0 Å². The summed E-state index contributed by atoms with van der Waals surface area (Å²) in [5, 5.41) is 8.60. The van der Waals surface area contributed by atoms with Gasteiger partial charge in [0.25, 0.3) is 0 Å². The van der Waals surface area contributed by atoms with Gasteiger partial charge in [-0.1, -0.05) is 12.1 Å². The van der Waals surface area contributed by atoms with Crippen molar-refractivity contribution in [3.8, 4) is 5.75 Å². The van der Waals surface area contributed by atoms with Gasteiger partial charge in [-0.15, -0.1) is 0 Å². The van der Waals surface area contributed by atoms with Crippen LogP contribution in [0.3, 0.4) is 0 Å². The lowest BCUT2D eigenvalue weighted by atomic mass is 10.2. The van der Waals surface area contributed by atoms with Gasteiger partial charge in [0, 0.05) is 5.75 Å². The largest absolute Gasteiger partial charge is 0.494 e. The van der Waals surface area contributed by atoms with Crippen molar-refractivity contribution in [3.63, 3.8) is 0 Å². The molecular weight excluding hydrogens is 250 g/mol. The molecule has 100 valence electrons. The molecule has 0 saturated carbocycles. The molecule has 0 aromatic heterocycles. The molecule has 0 heterocycles. The molecule has 1 atom stereocenters. The van der Waals surface area contributed by atoms with E-state index in [9.17, 15) is 4.79 Å². The zero-order valence-electron chi connectivity index (χ0n) is 10.5. The normalized spacial score (nSPS) is 12.1. The molecule has 0 aliphatic rings. The Morgan fingerprint density at radius 1 is 1.56 bits per heavy atom. The van der Waals surface area contributed by atoms with Crippen molar-refractivity contribution in [2.75, 3.05) is 18.1 Å². The predicted molar refractivity (Wildman–Crippen MR) is 74.2 cm³/mol. The van der Waals surface area contributed by atoms with Gasteiger partial charge in [0.1, 0.15) is 11.8 Å². The fourth-order valence-corrected chi connectivity index (χ4v) is 2.22. The molecule has 0 fully saturated rings. The molecule has 0 aliphatic carbocycles. The highest BCUT2D eigenvalue weighted by molar-refractivity contribution is 7.99. The molecule has 1 rings (SSSR count). The van der Waals surface area contributed by atoms with Gasteiger partial charge in [-0.3, -0.25) is 4.79 Å². The number of ether oxygens (including phenoxy) is 1. The molecule has 0 amide bonds. The highest BCUT2D eigenvalue weighted by Gasteiger charge is 2.10. The zero-order valence-corrected chi connectivity index (χ0v) is 11.3. The fourth-order valence-electron chi connectivity index (χ4n) is 1.34. The summed E-state index contributed by atoms with van der Waals surface area (Å²) >= 11 is 1.54. The van der Waals surface area contributed by atoms with E-state index in [1.807, 2.05) is 31.2 Å². The fraction of sp³-hybridized carbons (Fsp3) is 0.462. The highest BCUT2D eigenvalue weighted by atomic mass is 32.2. The molecular formula is C13H19NO3S. The predicted octanol–water partition coefficient (Wildman–Crippen LogP) is 1.91. The summed E-state index contributed by atoms with van der Waals surface area (Å²) in [6, 6.07) is 7.14. The van der Waals surface area contributed by atoms with Gasteiger partial charge in [0.2, 0.25) is 0 Å². The van der Waals surface area contributed by atoms with Crippen LogP contribution in [-0.4, -0.2) is 35.2 Å². The lowest BCUT2D eigenvalue weighted by Gasteiger charge is -2.08. The SMILES string of the molecule is Cc1cccc(OCCCSCC(N)C(=O)O)c1. The number of carboxylic acids is 1. The minimum atomic E-state index is -0.946. The van der Waals surface area contributed by atoms with E-state index in [4.69, 9.17) is 15.6 Å². The summed E-state index contributed by atoms with van der Waals surface area (Å²) < 4.78 is 5.58. The molecule has 0 saturated heterocycles. The Morgan fingerprint density at radius 2 is 2.33 bits per heavy atom. The van der Waals surface area contributed by atoms with Gasteiger partial charge in [0.15, 0.2) is 0 Å². The van der Waals surface area contributed by atoms with Crippen molar-refractivity contribution >= 4 is 17.7 Å². The maximum Gasteiger partial charge on any atom is 0.321 e. The minimum Gasteiger partial charge on any atom is -0.494 e. The molecule has 1 aromatic carbocycles. The first-order valence-corrected chi connectivity index (χ1v) is 7.00. The summed E-state index contributed by atoms with van der Waals surface area (Å²) in [6.07, 6.45) is 0.880. The van der Waals surface area contributed by atoms with Gasteiger partial charge < -0.3 is 15.6 Å². The summed E-state index contributed by atoms with van der Waals surface area (Å²) in [7, 11) is 0. The number of nitrogens with two attached hydrogens (primary N) is 1.